The molecule has 0 amide bonds. The Morgan fingerprint density at radius 2 is 1.76 bits per heavy atom. The average Bonchev–Trinajstić information content (AvgIpc) is 2.84. The number of benzene rings is 1. The molecule has 1 aromatic rings. The molecule has 0 radical (unpaired) electrons. The highest BCUT2D eigenvalue weighted by molar-refractivity contribution is 5.19. The van der Waals surface area contributed by atoms with Gasteiger partial charge in [-0.2, -0.15) is 0 Å². The first-order chi connectivity index (χ1) is 9.82. The molecular weight excluding hydrogens is 262 g/mol. The highest BCUT2D eigenvalue weighted by Gasteiger charge is 2.35. The second-order valence-corrected chi connectivity index (χ2v) is 7.41. The fourth-order valence-electron chi connectivity index (χ4n) is 3.62. The number of aliphatic hydroxyl groups is 2. The van der Waals surface area contributed by atoms with Gasteiger partial charge in [0, 0.05) is 18.5 Å². The molecule has 3 nitrogen and oxygen atoms in total. The Kier molecular flexibility index (Phi) is 5.07. The van der Waals surface area contributed by atoms with E-state index >= 15 is 0 Å². The lowest BCUT2D eigenvalue weighted by Gasteiger charge is -2.37. The fraction of sp³-hybridized carbons (Fsp3) is 0.667. The van der Waals surface area contributed by atoms with E-state index in [0.717, 1.165) is 37.8 Å². The van der Waals surface area contributed by atoms with Crippen LogP contribution in [0, 0.1) is 5.41 Å². The van der Waals surface area contributed by atoms with Gasteiger partial charge in [0.25, 0.3) is 0 Å². The molecule has 1 atom stereocenters. The third-order valence-electron chi connectivity index (χ3n) is 4.63. The van der Waals surface area contributed by atoms with E-state index in [9.17, 15) is 10.2 Å². The monoisotopic (exact) mass is 291 g/mol. The summed E-state index contributed by atoms with van der Waals surface area (Å²) in [6, 6.07) is 9.82. The minimum absolute atomic E-state index is 0.259. The topological polar surface area (TPSA) is 43.7 Å². The summed E-state index contributed by atoms with van der Waals surface area (Å²) in [6.45, 7) is 5.61. The summed E-state index contributed by atoms with van der Waals surface area (Å²) in [5, 5.41) is 21.1. The summed E-state index contributed by atoms with van der Waals surface area (Å²) >= 11 is 0. The van der Waals surface area contributed by atoms with Crippen molar-refractivity contribution in [3.8, 4) is 0 Å². The maximum absolute atomic E-state index is 10.6. The second kappa shape index (κ2) is 6.47. The van der Waals surface area contributed by atoms with Crippen LogP contribution in [0.2, 0.25) is 0 Å². The Hall–Kier alpha value is -0.900. The van der Waals surface area contributed by atoms with Crippen LogP contribution < -0.4 is 0 Å². The molecule has 1 unspecified atom stereocenters. The van der Waals surface area contributed by atoms with Crippen molar-refractivity contribution in [3.05, 3.63) is 35.9 Å². The van der Waals surface area contributed by atoms with Gasteiger partial charge in [-0.15, -0.1) is 0 Å². The van der Waals surface area contributed by atoms with E-state index in [0.29, 0.717) is 6.54 Å². The Balaban J connectivity index is 1.96. The zero-order chi connectivity index (χ0) is 15.5. The van der Waals surface area contributed by atoms with Crippen LogP contribution in [0.1, 0.15) is 51.2 Å². The van der Waals surface area contributed by atoms with Crippen LogP contribution in [0.15, 0.2) is 30.3 Å². The molecule has 1 saturated carbocycles. The number of nitrogens with zero attached hydrogens (tertiary/aromatic N) is 1. The molecule has 0 aromatic heterocycles. The Morgan fingerprint density at radius 1 is 1.19 bits per heavy atom. The Bertz CT molecular complexity index is 438. The van der Waals surface area contributed by atoms with Crippen LogP contribution in [0.5, 0.6) is 0 Å². The van der Waals surface area contributed by atoms with Crippen molar-refractivity contribution in [2.45, 2.75) is 51.2 Å². The predicted octanol–water partition coefficient (Wildman–Crippen LogP) is 2.98. The third kappa shape index (κ3) is 4.29. The first kappa shape index (κ1) is 16.5. The highest BCUT2D eigenvalue weighted by Crippen LogP contribution is 2.35. The molecule has 1 fully saturated rings. The lowest BCUT2D eigenvalue weighted by Crippen LogP contribution is -2.44. The van der Waals surface area contributed by atoms with Gasteiger partial charge in [-0.25, -0.2) is 0 Å². The smallest absolute Gasteiger partial charge is 0.0853 e. The number of hydrogen-bond acceptors (Lipinski definition) is 3. The van der Waals surface area contributed by atoms with Gasteiger partial charge in [0.1, 0.15) is 0 Å². The summed E-state index contributed by atoms with van der Waals surface area (Å²) in [5.41, 5.74) is 0.170. The molecule has 118 valence electrons. The van der Waals surface area contributed by atoms with E-state index in [1.807, 2.05) is 37.4 Å². The van der Waals surface area contributed by atoms with Crippen LogP contribution >= 0.6 is 0 Å². The molecule has 0 heterocycles. The normalized spacial score (nSPS) is 19.9. The maximum Gasteiger partial charge on any atom is 0.0853 e. The van der Waals surface area contributed by atoms with E-state index < -0.39 is 11.7 Å². The van der Waals surface area contributed by atoms with Gasteiger partial charge in [-0.3, -0.25) is 0 Å². The molecule has 1 aliphatic rings. The zero-order valence-electron chi connectivity index (χ0n) is 13.5. The van der Waals surface area contributed by atoms with E-state index in [1.165, 1.54) is 0 Å². The molecule has 3 heteroatoms. The minimum Gasteiger partial charge on any atom is -0.389 e. The van der Waals surface area contributed by atoms with Crippen molar-refractivity contribution < 1.29 is 10.2 Å². The highest BCUT2D eigenvalue weighted by atomic mass is 16.3. The second-order valence-electron chi connectivity index (χ2n) is 7.41. The molecule has 1 aromatic carbocycles. The Morgan fingerprint density at radius 3 is 2.33 bits per heavy atom. The SMILES string of the molecule is CN(CC1(O)CCCC1)CC(C)(C)C(O)c1ccccc1. The van der Waals surface area contributed by atoms with Gasteiger partial charge in [0.05, 0.1) is 11.7 Å². The van der Waals surface area contributed by atoms with E-state index in [-0.39, 0.29) is 5.41 Å². The summed E-state index contributed by atoms with van der Waals surface area (Å²) in [7, 11) is 2.04. The maximum atomic E-state index is 10.6. The standard InChI is InChI=1S/C18H29NO2/c1-17(2,16(20)15-9-5-4-6-10-15)13-19(3)14-18(21)11-7-8-12-18/h4-6,9-10,16,20-21H,7-8,11-14H2,1-3H3. The molecule has 1 aliphatic carbocycles. The van der Waals surface area contributed by atoms with Crippen molar-refractivity contribution in [1.82, 2.24) is 4.90 Å². The van der Waals surface area contributed by atoms with Crippen LogP contribution in [0.3, 0.4) is 0 Å². The number of rotatable bonds is 6. The molecule has 0 spiro atoms. The summed E-state index contributed by atoms with van der Waals surface area (Å²) in [6.07, 6.45) is 3.55. The molecule has 0 saturated heterocycles. The molecule has 2 rings (SSSR count). The summed E-state index contributed by atoms with van der Waals surface area (Å²) in [4.78, 5) is 2.16. The van der Waals surface area contributed by atoms with Crippen molar-refractivity contribution >= 4 is 0 Å². The summed E-state index contributed by atoms with van der Waals surface area (Å²) < 4.78 is 0. The lowest BCUT2D eigenvalue weighted by atomic mass is 9.82. The average molecular weight is 291 g/mol. The van der Waals surface area contributed by atoms with Crippen LogP contribution in [-0.4, -0.2) is 40.9 Å². The van der Waals surface area contributed by atoms with Gasteiger partial charge in [0.2, 0.25) is 0 Å². The predicted molar refractivity (Wildman–Crippen MR) is 86.1 cm³/mol. The first-order valence-corrected chi connectivity index (χ1v) is 7.96. The van der Waals surface area contributed by atoms with E-state index in [2.05, 4.69) is 18.7 Å². The van der Waals surface area contributed by atoms with Gasteiger partial charge in [-0.1, -0.05) is 57.0 Å². The van der Waals surface area contributed by atoms with E-state index in [1.54, 1.807) is 0 Å². The first-order valence-electron chi connectivity index (χ1n) is 7.96. The molecular formula is C18H29NO2. The fourth-order valence-corrected chi connectivity index (χ4v) is 3.62. The Labute approximate surface area is 128 Å². The zero-order valence-corrected chi connectivity index (χ0v) is 13.5. The molecule has 0 bridgehead atoms. The van der Waals surface area contributed by atoms with Crippen LogP contribution in [0.4, 0.5) is 0 Å². The molecule has 0 aliphatic heterocycles. The number of hydrogen-bond donors (Lipinski definition) is 2. The molecule has 21 heavy (non-hydrogen) atoms. The van der Waals surface area contributed by atoms with E-state index in [4.69, 9.17) is 0 Å². The van der Waals surface area contributed by atoms with Gasteiger partial charge >= 0.3 is 0 Å². The quantitative estimate of drug-likeness (QED) is 0.847. The number of likely N-dealkylation sites (N-methyl/N-ethyl adjacent to an activating group) is 1. The molecule has 2 N–H and O–H groups in total. The van der Waals surface area contributed by atoms with Crippen LogP contribution in [-0.2, 0) is 0 Å². The largest absolute Gasteiger partial charge is 0.389 e. The van der Waals surface area contributed by atoms with Gasteiger partial charge < -0.3 is 15.1 Å². The van der Waals surface area contributed by atoms with Crippen molar-refractivity contribution in [3.63, 3.8) is 0 Å². The van der Waals surface area contributed by atoms with Crippen molar-refractivity contribution in [1.29, 1.82) is 0 Å². The van der Waals surface area contributed by atoms with Crippen molar-refractivity contribution in [2.75, 3.05) is 20.1 Å². The lowest BCUT2D eigenvalue weighted by molar-refractivity contribution is -0.0163. The van der Waals surface area contributed by atoms with Gasteiger partial charge in [0.15, 0.2) is 0 Å². The number of aliphatic hydroxyl groups excluding tert-OH is 1. The van der Waals surface area contributed by atoms with Gasteiger partial charge in [-0.05, 0) is 25.5 Å². The van der Waals surface area contributed by atoms with Crippen molar-refractivity contribution in [2.24, 2.45) is 5.41 Å². The third-order valence-corrected chi connectivity index (χ3v) is 4.63. The van der Waals surface area contributed by atoms with Crippen LogP contribution in [0.25, 0.3) is 0 Å². The minimum atomic E-state index is -0.525. The summed E-state index contributed by atoms with van der Waals surface area (Å²) in [5.74, 6) is 0.